The van der Waals surface area contributed by atoms with Gasteiger partial charge in [0.05, 0.1) is 0 Å². The standard InChI is InChI=1S/C17H7Cl2F11O2/c18-5-3-8-6(9(19)4-5)1-2-7(10(8)31)11(32)12(20)13(21,22)15(25,26)17(29,30)16(27,28)14(12,23)24/h3-4,31H,1-2H2. The molecule has 0 heterocycles. The molecule has 0 aliphatic heterocycles. The van der Waals surface area contributed by atoms with E-state index < -0.39 is 70.8 Å². The van der Waals surface area contributed by atoms with Crippen molar-refractivity contribution in [3.63, 3.8) is 0 Å². The molecular weight excluding hydrogens is 516 g/mol. The molecule has 0 unspecified atom stereocenters. The number of halogens is 13. The molecule has 1 fully saturated rings. The van der Waals surface area contributed by atoms with Crippen LogP contribution in [-0.2, 0) is 11.2 Å². The van der Waals surface area contributed by atoms with Crippen molar-refractivity contribution in [2.45, 2.75) is 48.1 Å². The van der Waals surface area contributed by atoms with E-state index in [4.69, 9.17) is 23.2 Å². The number of allylic oxidation sites excluding steroid dienone is 1. The van der Waals surface area contributed by atoms with Crippen LogP contribution in [0.15, 0.2) is 17.7 Å². The van der Waals surface area contributed by atoms with Gasteiger partial charge >= 0.3 is 35.3 Å². The summed E-state index contributed by atoms with van der Waals surface area (Å²) >= 11 is 11.5. The van der Waals surface area contributed by atoms with Crippen molar-refractivity contribution in [3.05, 3.63) is 38.9 Å². The van der Waals surface area contributed by atoms with Crippen LogP contribution in [-0.4, -0.2) is 46.2 Å². The molecule has 0 saturated heterocycles. The molecule has 2 nitrogen and oxygen atoms in total. The highest BCUT2D eigenvalue weighted by atomic mass is 35.5. The SMILES string of the molecule is O=C(C1=C(O)c2cc(Cl)cc(Cl)c2CC1)C1(F)C(F)(F)C(F)(F)C(F)(F)C(F)(F)C1(F)F. The number of Topliss-reactive ketones (excluding diaryl/α,β-unsaturated/α-hetero) is 1. The first-order valence-corrected chi connectivity index (χ1v) is 9.00. The van der Waals surface area contributed by atoms with Crippen molar-refractivity contribution in [2.24, 2.45) is 0 Å². The monoisotopic (exact) mass is 522 g/mol. The Morgan fingerprint density at radius 3 is 1.66 bits per heavy atom. The van der Waals surface area contributed by atoms with Crippen molar-refractivity contribution in [1.29, 1.82) is 0 Å². The van der Waals surface area contributed by atoms with Crippen LogP contribution in [0.5, 0.6) is 0 Å². The number of aliphatic hydroxyl groups excluding tert-OH is 1. The highest BCUT2D eigenvalue weighted by Gasteiger charge is 3.02. The number of benzene rings is 1. The predicted molar refractivity (Wildman–Crippen MR) is 87.9 cm³/mol. The zero-order chi connectivity index (χ0) is 24.9. The Hall–Kier alpha value is -1.76. The quantitative estimate of drug-likeness (QED) is 0.440. The number of aliphatic hydroxyl groups is 1. The minimum atomic E-state index is -7.44. The normalized spacial score (nSPS) is 26.4. The summed E-state index contributed by atoms with van der Waals surface area (Å²) in [7, 11) is 0. The molecule has 2 aliphatic rings. The maximum Gasteiger partial charge on any atom is 0.384 e. The Balaban J connectivity index is 2.31. The van der Waals surface area contributed by atoms with E-state index in [9.17, 15) is 53.8 Å². The van der Waals surface area contributed by atoms with Gasteiger partial charge in [-0.2, -0.15) is 43.9 Å². The van der Waals surface area contributed by atoms with E-state index in [1.807, 2.05) is 0 Å². The summed E-state index contributed by atoms with van der Waals surface area (Å²) in [5.74, 6) is -41.9. The number of hydrogen-bond donors (Lipinski definition) is 1. The Kier molecular flexibility index (Phi) is 5.17. The van der Waals surface area contributed by atoms with Crippen LogP contribution in [0.3, 0.4) is 0 Å². The molecule has 32 heavy (non-hydrogen) atoms. The van der Waals surface area contributed by atoms with Crippen molar-refractivity contribution in [1.82, 2.24) is 0 Å². The summed E-state index contributed by atoms with van der Waals surface area (Å²) in [5, 5.41) is 9.69. The summed E-state index contributed by atoms with van der Waals surface area (Å²) in [4.78, 5) is 12.4. The van der Waals surface area contributed by atoms with Gasteiger partial charge in [0.15, 0.2) is 0 Å². The Morgan fingerprint density at radius 2 is 1.19 bits per heavy atom. The molecule has 0 spiro atoms. The van der Waals surface area contributed by atoms with Gasteiger partial charge in [0, 0.05) is 21.2 Å². The average molecular weight is 523 g/mol. The predicted octanol–water partition coefficient (Wildman–Crippen LogP) is 6.68. The molecule has 2 aliphatic carbocycles. The molecule has 0 amide bonds. The van der Waals surface area contributed by atoms with Gasteiger partial charge in [-0.3, -0.25) is 4.79 Å². The first-order valence-electron chi connectivity index (χ1n) is 8.25. The van der Waals surface area contributed by atoms with E-state index in [-0.39, 0.29) is 15.6 Å². The lowest BCUT2D eigenvalue weighted by atomic mass is 9.68. The molecule has 15 heteroatoms. The van der Waals surface area contributed by atoms with Crippen LogP contribution in [0.25, 0.3) is 5.76 Å². The van der Waals surface area contributed by atoms with E-state index in [1.165, 1.54) is 0 Å². The summed E-state index contributed by atoms with van der Waals surface area (Å²) in [6, 6.07) is 1.91. The van der Waals surface area contributed by atoms with Gasteiger partial charge in [0.1, 0.15) is 5.76 Å². The molecule has 1 aromatic rings. The fourth-order valence-electron chi connectivity index (χ4n) is 3.54. The van der Waals surface area contributed by atoms with E-state index >= 15 is 4.39 Å². The molecule has 1 N–H and O–H groups in total. The maximum absolute atomic E-state index is 15.0. The minimum Gasteiger partial charge on any atom is -0.507 e. The van der Waals surface area contributed by atoms with E-state index in [2.05, 4.69) is 0 Å². The van der Waals surface area contributed by atoms with Gasteiger partial charge in [-0.15, -0.1) is 0 Å². The van der Waals surface area contributed by atoms with E-state index in [0.29, 0.717) is 0 Å². The largest absolute Gasteiger partial charge is 0.507 e. The average Bonchev–Trinajstić information content (AvgIpc) is 2.65. The van der Waals surface area contributed by atoms with Gasteiger partial charge < -0.3 is 5.11 Å². The van der Waals surface area contributed by atoms with Crippen molar-refractivity contribution in [3.8, 4) is 0 Å². The topological polar surface area (TPSA) is 37.3 Å². The number of alkyl halides is 11. The van der Waals surface area contributed by atoms with Crippen LogP contribution >= 0.6 is 23.2 Å². The third kappa shape index (κ3) is 2.52. The molecule has 1 aromatic carbocycles. The molecule has 178 valence electrons. The number of fused-ring (bicyclic) bond motifs is 1. The van der Waals surface area contributed by atoms with Gasteiger partial charge in [-0.1, -0.05) is 23.2 Å². The Bertz CT molecular complexity index is 1020. The first-order chi connectivity index (χ1) is 14.2. The van der Waals surface area contributed by atoms with Crippen LogP contribution in [0.1, 0.15) is 17.5 Å². The first kappa shape index (κ1) is 24.9. The molecule has 1 saturated carbocycles. The maximum atomic E-state index is 15.0. The zero-order valence-electron chi connectivity index (χ0n) is 14.8. The van der Waals surface area contributed by atoms with Crippen molar-refractivity contribution < 1.29 is 58.2 Å². The number of ketones is 1. The fourth-order valence-corrected chi connectivity index (χ4v) is 4.12. The Morgan fingerprint density at radius 1 is 0.750 bits per heavy atom. The molecule has 0 bridgehead atoms. The summed E-state index contributed by atoms with van der Waals surface area (Å²) < 4.78 is 153. The van der Waals surface area contributed by atoms with Crippen LogP contribution in [0.2, 0.25) is 10.0 Å². The van der Waals surface area contributed by atoms with Crippen LogP contribution in [0, 0.1) is 0 Å². The molecule has 0 radical (unpaired) electrons. The van der Waals surface area contributed by atoms with Gasteiger partial charge in [-0.05, 0) is 30.5 Å². The lowest BCUT2D eigenvalue weighted by Crippen LogP contribution is -2.85. The van der Waals surface area contributed by atoms with Crippen molar-refractivity contribution in [2.75, 3.05) is 0 Å². The minimum absolute atomic E-state index is 0.0533. The van der Waals surface area contributed by atoms with Gasteiger partial charge in [0.2, 0.25) is 5.78 Å². The highest BCUT2D eigenvalue weighted by Crippen LogP contribution is 2.70. The lowest BCUT2D eigenvalue weighted by Gasteiger charge is -2.51. The van der Waals surface area contributed by atoms with Gasteiger partial charge in [0.25, 0.3) is 0 Å². The molecule has 3 rings (SSSR count). The number of carbonyl (C=O) groups is 1. The summed E-state index contributed by atoms with van der Waals surface area (Å²) in [5.41, 5.74) is -9.25. The lowest BCUT2D eigenvalue weighted by molar-refractivity contribution is -0.475. The number of hydrogen-bond acceptors (Lipinski definition) is 2. The summed E-state index contributed by atoms with van der Waals surface area (Å²) in [6.45, 7) is 0. The number of rotatable bonds is 2. The highest BCUT2D eigenvalue weighted by molar-refractivity contribution is 6.35. The van der Waals surface area contributed by atoms with Crippen LogP contribution < -0.4 is 0 Å². The fraction of sp³-hybridized carbons (Fsp3) is 0.471. The van der Waals surface area contributed by atoms with Crippen molar-refractivity contribution >= 4 is 34.7 Å². The van der Waals surface area contributed by atoms with E-state index in [1.54, 1.807) is 0 Å². The third-order valence-electron chi connectivity index (χ3n) is 5.36. The summed E-state index contributed by atoms with van der Waals surface area (Å²) in [6.07, 6.45) is -1.67. The Labute approximate surface area is 180 Å². The molecule has 0 aromatic heterocycles. The number of carbonyl (C=O) groups excluding carboxylic acids is 1. The second-order valence-electron chi connectivity index (χ2n) is 7.10. The third-order valence-corrected chi connectivity index (χ3v) is 5.91. The second kappa shape index (κ2) is 6.64. The zero-order valence-corrected chi connectivity index (χ0v) is 16.3. The second-order valence-corrected chi connectivity index (χ2v) is 7.94. The smallest absolute Gasteiger partial charge is 0.384 e. The van der Waals surface area contributed by atoms with E-state index in [0.717, 1.165) is 12.1 Å². The molecule has 0 atom stereocenters. The van der Waals surface area contributed by atoms with Gasteiger partial charge in [-0.25, -0.2) is 4.39 Å². The van der Waals surface area contributed by atoms with Crippen LogP contribution in [0.4, 0.5) is 48.3 Å². The molecular formula is C17H7Cl2F11O2.